The van der Waals surface area contributed by atoms with Gasteiger partial charge in [0.25, 0.3) is 0 Å². The van der Waals surface area contributed by atoms with E-state index in [1.54, 1.807) is 10.8 Å². The lowest BCUT2D eigenvalue weighted by molar-refractivity contribution is 1.28. The zero-order valence-corrected chi connectivity index (χ0v) is 5.78. The highest BCUT2D eigenvalue weighted by Gasteiger charge is 2.20. The quantitative estimate of drug-likeness (QED) is 0.350. The van der Waals surface area contributed by atoms with Gasteiger partial charge in [0.1, 0.15) is 0 Å². The van der Waals surface area contributed by atoms with Crippen molar-refractivity contribution in [3.05, 3.63) is 0 Å². The summed E-state index contributed by atoms with van der Waals surface area (Å²) in [5.74, 6) is 2.60. The van der Waals surface area contributed by atoms with E-state index in [0.717, 1.165) is 5.25 Å². The van der Waals surface area contributed by atoms with E-state index in [0.29, 0.717) is 0 Å². The largest absolute Gasteiger partial charge is 0.156 e. The van der Waals surface area contributed by atoms with E-state index in [9.17, 15) is 0 Å². The Labute approximate surface area is 51.3 Å². The average molecular weight is 138 g/mol. The number of thioether (sulfide) groups is 1. The predicted octanol–water partition coefficient (Wildman–Crippen LogP) is 1.68. The molecule has 3 heteroatoms. The molecule has 6 heavy (non-hydrogen) atoms. The third-order valence-corrected chi connectivity index (χ3v) is 2.84. The van der Waals surface area contributed by atoms with Crippen molar-refractivity contribution in [1.29, 1.82) is 0 Å². The fraction of sp³-hybridized carbons (Fsp3) is 1.00. The molecule has 1 fully saturated rings. The van der Waals surface area contributed by atoms with Crippen LogP contribution in [0.5, 0.6) is 0 Å². The van der Waals surface area contributed by atoms with Gasteiger partial charge >= 0.3 is 0 Å². The topological polar surface area (TPSA) is 0 Å². The minimum absolute atomic E-state index is 0.951. The highest BCUT2D eigenvalue weighted by atomic mass is 33.1. The maximum Gasteiger partial charge on any atom is 0.0237 e. The van der Waals surface area contributed by atoms with E-state index >= 15 is 0 Å². The van der Waals surface area contributed by atoms with Crippen LogP contribution in [0.2, 0.25) is 0 Å². The summed E-state index contributed by atoms with van der Waals surface area (Å²) in [6.07, 6.45) is 0. The van der Waals surface area contributed by atoms with Gasteiger partial charge in [0, 0.05) is 16.8 Å². The fourth-order valence-electron chi connectivity index (χ4n) is 0.247. The van der Waals surface area contributed by atoms with Crippen LogP contribution >= 0.6 is 34.2 Å². The second-order valence-corrected chi connectivity index (χ2v) is 3.95. The second-order valence-electron chi connectivity index (χ2n) is 1.25. The first kappa shape index (κ1) is 5.19. The van der Waals surface area contributed by atoms with Gasteiger partial charge in [-0.05, 0) is 0 Å². The number of hydrogen-bond acceptors (Lipinski definition) is 3. The zero-order chi connectivity index (χ0) is 4.41. The first-order valence-corrected chi connectivity index (χ1v) is 4.90. The predicted molar refractivity (Wildman–Crippen MR) is 37.7 cm³/mol. The molecule has 1 saturated heterocycles. The molecule has 0 aromatic heterocycles. The normalized spacial score (nSPS) is 30.5. The summed E-state index contributed by atoms with van der Waals surface area (Å²) in [6, 6.07) is 0. The number of hydrogen-bond donors (Lipinski definition) is 1. The van der Waals surface area contributed by atoms with Crippen molar-refractivity contribution in [2.75, 3.05) is 11.5 Å². The molecule has 0 N–H and O–H groups in total. The molecule has 0 spiro atoms. The third-order valence-electron chi connectivity index (χ3n) is 0.663. The molecule has 1 heterocycles. The Bertz CT molecular complexity index is 41.3. The van der Waals surface area contributed by atoms with Gasteiger partial charge in [0.15, 0.2) is 0 Å². The lowest BCUT2D eigenvalue weighted by atomic mass is 10.6. The first-order valence-electron chi connectivity index (χ1n) is 1.81. The standard InChI is InChI=1S/C3H6S3/c4-6-2-3-1-5-3/h3-4H,1-2H2. The van der Waals surface area contributed by atoms with Crippen molar-refractivity contribution < 1.29 is 0 Å². The molecular weight excluding hydrogens is 132 g/mol. The van der Waals surface area contributed by atoms with Gasteiger partial charge in [0.2, 0.25) is 0 Å². The van der Waals surface area contributed by atoms with E-state index in [-0.39, 0.29) is 0 Å². The SMILES string of the molecule is SSCC1CS1. The Morgan fingerprint density at radius 2 is 2.67 bits per heavy atom. The van der Waals surface area contributed by atoms with E-state index < -0.39 is 0 Å². The minimum atomic E-state index is 0.951. The Morgan fingerprint density at radius 3 is 2.83 bits per heavy atom. The molecular formula is C3H6S3. The third kappa shape index (κ3) is 1.67. The molecule has 1 aliphatic heterocycles. The Balaban J connectivity index is 1.88. The summed E-state index contributed by atoms with van der Waals surface area (Å²) >= 11 is 6.03. The summed E-state index contributed by atoms with van der Waals surface area (Å²) in [4.78, 5) is 0. The monoisotopic (exact) mass is 138 g/mol. The molecule has 1 aliphatic rings. The van der Waals surface area contributed by atoms with Gasteiger partial charge in [-0.3, -0.25) is 0 Å². The van der Waals surface area contributed by atoms with Crippen LogP contribution in [0.1, 0.15) is 0 Å². The molecule has 1 unspecified atom stereocenters. The van der Waals surface area contributed by atoms with Gasteiger partial charge in [-0.2, -0.15) is 11.8 Å². The molecule has 0 radical (unpaired) electrons. The van der Waals surface area contributed by atoms with Crippen LogP contribution in [0.4, 0.5) is 0 Å². The Morgan fingerprint density at radius 1 is 2.00 bits per heavy atom. The minimum Gasteiger partial charge on any atom is -0.156 e. The summed E-state index contributed by atoms with van der Waals surface area (Å²) < 4.78 is 0. The van der Waals surface area contributed by atoms with Crippen LogP contribution in [-0.2, 0) is 0 Å². The molecule has 1 atom stereocenters. The Hall–Kier alpha value is 1.05. The van der Waals surface area contributed by atoms with Crippen LogP contribution in [0.3, 0.4) is 0 Å². The molecule has 0 bridgehead atoms. The van der Waals surface area contributed by atoms with Crippen LogP contribution in [0, 0.1) is 0 Å². The molecule has 0 aromatic carbocycles. The summed E-state index contributed by atoms with van der Waals surface area (Å²) in [6.45, 7) is 0. The van der Waals surface area contributed by atoms with Gasteiger partial charge < -0.3 is 0 Å². The van der Waals surface area contributed by atoms with Crippen LogP contribution < -0.4 is 0 Å². The molecule has 0 nitrogen and oxygen atoms in total. The lowest BCUT2D eigenvalue weighted by Crippen LogP contribution is -1.80. The van der Waals surface area contributed by atoms with Crippen LogP contribution in [-0.4, -0.2) is 16.8 Å². The van der Waals surface area contributed by atoms with Gasteiger partial charge in [-0.1, -0.05) is 10.8 Å². The molecule has 36 valence electrons. The smallest absolute Gasteiger partial charge is 0.0237 e. The van der Waals surface area contributed by atoms with Crippen LogP contribution in [0.25, 0.3) is 0 Å². The number of rotatable bonds is 2. The second kappa shape index (κ2) is 2.38. The summed E-state index contributed by atoms with van der Waals surface area (Å²) in [7, 11) is 1.65. The van der Waals surface area contributed by atoms with E-state index in [1.807, 2.05) is 11.8 Å². The fourth-order valence-corrected chi connectivity index (χ4v) is 2.37. The van der Waals surface area contributed by atoms with Crippen molar-refractivity contribution in [2.24, 2.45) is 0 Å². The highest BCUT2D eigenvalue weighted by Crippen LogP contribution is 2.33. The molecule has 0 aliphatic carbocycles. The van der Waals surface area contributed by atoms with Crippen LogP contribution in [0.15, 0.2) is 0 Å². The highest BCUT2D eigenvalue weighted by molar-refractivity contribution is 8.68. The number of thiol groups is 1. The lowest BCUT2D eigenvalue weighted by Gasteiger charge is -1.80. The van der Waals surface area contributed by atoms with Crippen molar-refractivity contribution in [2.45, 2.75) is 5.25 Å². The average Bonchev–Trinajstić information content (AvgIpc) is 2.21. The summed E-state index contributed by atoms with van der Waals surface area (Å²) in [5, 5.41) is 0.951. The van der Waals surface area contributed by atoms with E-state index in [4.69, 9.17) is 0 Å². The van der Waals surface area contributed by atoms with E-state index in [2.05, 4.69) is 11.7 Å². The van der Waals surface area contributed by atoms with Gasteiger partial charge in [-0.25, -0.2) is 0 Å². The maximum absolute atomic E-state index is 4.00. The van der Waals surface area contributed by atoms with Crippen molar-refractivity contribution in [3.8, 4) is 0 Å². The molecule has 0 saturated carbocycles. The molecule has 0 aromatic rings. The first-order chi connectivity index (χ1) is 2.93. The Kier molecular flexibility index (Phi) is 2.06. The van der Waals surface area contributed by atoms with Gasteiger partial charge in [0.05, 0.1) is 0 Å². The molecule has 0 amide bonds. The maximum atomic E-state index is 4.00. The molecule has 1 rings (SSSR count). The van der Waals surface area contributed by atoms with Crippen molar-refractivity contribution in [3.63, 3.8) is 0 Å². The summed E-state index contributed by atoms with van der Waals surface area (Å²) in [5.41, 5.74) is 0. The zero-order valence-electron chi connectivity index (χ0n) is 3.26. The van der Waals surface area contributed by atoms with E-state index in [1.165, 1.54) is 11.5 Å². The van der Waals surface area contributed by atoms with Crippen molar-refractivity contribution in [1.82, 2.24) is 0 Å². The van der Waals surface area contributed by atoms with Gasteiger partial charge in [-0.15, -0.1) is 11.7 Å². The van der Waals surface area contributed by atoms with Crippen molar-refractivity contribution >= 4 is 34.2 Å².